The van der Waals surface area contributed by atoms with Crippen molar-refractivity contribution in [1.82, 2.24) is 20.2 Å². The maximum atomic E-state index is 12.8. The fourth-order valence-corrected chi connectivity index (χ4v) is 3.97. The van der Waals surface area contributed by atoms with Gasteiger partial charge in [0, 0.05) is 26.1 Å². The Morgan fingerprint density at radius 1 is 1.10 bits per heavy atom. The third kappa shape index (κ3) is 3.91. The molecule has 8 nitrogen and oxygen atoms in total. The van der Waals surface area contributed by atoms with Crippen molar-refractivity contribution in [2.45, 2.75) is 25.8 Å². The molecule has 3 aromatic rings. The molecule has 4 N–H and O–H groups in total. The Morgan fingerprint density at radius 3 is 2.50 bits per heavy atom. The number of hydrogen-bond donors (Lipinski definition) is 4. The summed E-state index contributed by atoms with van der Waals surface area (Å²) < 4.78 is 0. The molecule has 1 aromatic heterocycles. The molecule has 0 aliphatic carbocycles. The molecule has 2 amide bonds. The van der Waals surface area contributed by atoms with Crippen LogP contribution in [-0.4, -0.2) is 50.9 Å². The molecule has 1 aliphatic rings. The fraction of sp³-hybridized carbons (Fsp3) is 0.286. The van der Waals surface area contributed by atoms with Gasteiger partial charge in [0.05, 0.1) is 21.6 Å². The van der Waals surface area contributed by atoms with Crippen molar-refractivity contribution >= 4 is 34.4 Å². The Kier molecular flexibility index (Phi) is 5.26. The summed E-state index contributed by atoms with van der Waals surface area (Å²) in [7, 11) is 0. The first kappa shape index (κ1) is 20.0. The summed E-state index contributed by atoms with van der Waals surface area (Å²) >= 11 is 6.19. The first-order chi connectivity index (χ1) is 14.3. The lowest BCUT2D eigenvalue weighted by atomic mass is 10.00. The second kappa shape index (κ2) is 7.87. The molecule has 156 valence electrons. The molecular weight excluding hydrogens is 408 g/mol. The highest BCUT2D eigenvalue weighted by Gasteiger charge is 2.24. The number of piperidine rings is 1. The number of benzene rings is 2. The highest BCUT2D eigenvalue weighted by Crippen LogP contribution is 2.34. The first-order valence-electron chi connectivity index (χ1n) is 9.63. The average molecular weight is 429 g/mol. The first-order valence-corrected chi connectivity index (χ1v) is 10.0. The van der Waals surface area contributed by atoms with Crippen LogP contribution in [0.25, 0.3) is 22.2 Å². The molecule has 0 atom stereocenters. The number of nitrogens with one attached hydrogen (secondary N) is 3. The number of fused-ring (bicyclic) bond motifs is 1. The lowest BCUT2D eigenvalue weighted by Gasteiger charge is -2.31. The number of phenols is 1. The van der Waals surface area contributed by atoms with Crippen LogP contribution in [0.3, 0.4) is 0 Å². The number of carbonyl (C=O) groups excluding carboxylic acids is 2. The molecule has 0 bridgehead atoms. The van der Waals surface area contributed by atoms with Crippen LogP contribution >= 0.6 is 11.6 Å². The molecule has 0 spiro atoms. The summed E-state index contributed by atoms with van der Waals surface area (Å²) in [5, 5.41) is 13.3. The third-order valence-electron chi connectivity index (χ3n) is 5.43. The third-order valence-corrected chi connectivity index (χ3v) is 5.72. The van der Waals surface area contributed by atoms with Crippen LogP contribution in [0.5, 0.6) is 5.75 Å². The van der Waals surface area contributed by atoms with Crippen LogP contribution in [0.15, 0.2) is 35.1 Å². The van der Waals surface area contributed by atoms with Crippen molar-refractivity contribution < 1.29 is 14.7 Å². The van der Waals surface area contributed by atoms with Crippen LogP contribution in [0.1, 0.15) is 30.1 Å². The van der Waals surface area contributed by atoms with E-state index in [0.717, 1.165) is 5.56 Å². The molecule has 0 unspecified atom stereocenters. The number of aromatic nitrogens is 2. The van der Waals surface area contributed by atoms with E-state index < -0.39 is 5.91 Å². The normalized spacial score (nSPS) is 14.8. The zero-order chi connectivity index (χ0) is 21.4. The van der Waals surface area contributed by atoms with Crippen molar-refractivity contribution in [1.29, 1.82) is 0 Å². The van der Waals surface area contributed by atoms with Crippen molar-refractivity contribution in [3.05, 3.63) is 51.4 Å². The van der Waals surface area contributed by atoms with Gasteiger partial charge in [0.15, 0.2) is 0 Å². The van der Waals surface area contributed by atoms with E-state index in [9.17, 15) is 19.5 Å². The highest BCUT2D eigenvalue weighted by molar-refractivity contribution is 6.33. The van der Waals surface area contributed by atoms with E-state index in [2.05, 4.69) is 15.3 Å². The van der Waals surface area contributed by atoms with E-state index in [4.69, 9.17) is 11.6 Å². The number of carbonyl (C=O) groups is 2. The molecule has 0 saturated carbocycles. The van der Waals surface area contributed by atoms with Gasteiger partial charge in [-0.15, -0.1) is 0 Å². The molecule has 0 radical (unpaired) electrons. The summed E-state index contributed by atoms with van der Waals surface area (Å²) in [6, 6.07) is 8.39. The van der Waals surface area contributed by atoms with Crippen LogP contribution in [0.4, 0.5) is 0 Å². The zero-order valence-electron chi connectivity index (χ0n) is 16.3. The lowest BCUT2D eigenvalue weighted by molar-refractivity contribution is -0.129. The van der Waals surface area contributed by atoms with Crippen molar-refractivity contribution in [3.8, 4) is 16.9 Å². The molecule has 1 aliphatic heterocycles. The Labute approximate surface area is 176 Å². The number of nitrogens with zero attached hydrogens (tertiary/aromatic N) is 1. The smallest absolute Gasteiger partial charge is 0.323 e. The Morgan fingerprint density at radius 2 is 1.80 bits per heavy atom. The second-order valence-corrected chi connectivity index (χ2v) is 7.85. The van der Waals surface area contributed by atoms with Gasteiger partial charge >= 0.3 is 5.69 Å². The number of H-pyrrole nitrogens is 2. The van der Waals surface area contributed by atoms with Crippen LogP contribution < -0.4 is 11.0 Å². The van der Waals surface area contributed by atoms with Gasteiger partial charge in [0.2, 0.25) is 5.91 Å². The van der Waals surface area contributed by atoms with Gasteiger partial charge in [-0.25, -0.2) is 4.79 Å². The van der Waals surface area contributed by atoms with Gasteiger partial charge in [-0.2, -0.15) is 0 Å². The molecule has 30 heavy (non-hydrogen) atoms. The van der Waals surface area contributed by atoms with Gasteiger partial charge in [0.25, 0.3) is 5.91 Å². The van der Waals surface area contributed by atoms with Crippen molar-refractivity contribution in [2.75, 3.05) is 13.1 Å². The minimum absolute atomic E-state index is 0.0256. The van der Waals surface area contributed by atoms with Gasteiger partial charge in [-0.1, -0.05) is 17.7 Å². The molecule has 1 saturated heterocycles. The molecule has 4 rings (SSSR count). The average Bonchev–Trinajstić information content (AvgIpc) is 3.09. The number of aromatic hydroxyl groups is 1. The van der Waals surface area contributed by atoms with Gasteiger partial charge in [-0.3, -0.25) is 9.59 Å². The largest absolute Gasteiger partial charge is 0.506 e. The summed E-state index contributed by atoms with van der Waals surface area (Å²) in [6.45, 7) is 2.70. The molecule has 2 aromatic carbocycles. The van der Waals surface area contributed by atoms with Crippen molar-refractivity contribution in [2.24, 2.45) is 0 Å². The quantitative estimate of drug-likeness (QED) is 0.512. The number of amides is 2. The Balaban J connectivity index is 1.58. The SMILES string of the molecule is CC(=O)N1CCC(NC(=O)c2cc(-c3ccc4[nH]c(=O)[nH]c4c3)cc(Cl)c2O)CC1. The van der Waals surface area contributed by atoms with E-state index in [0.29, 0.717) is 42.5 Å². The standard InChI is InChI=1S/C21H21ClN4O4/c1-11(27)26-6-4-14(5-7-26)23-20(29)15-8-13(9-16(22)19(15)28)12-2-3-17-18(10-12)25-21(30)24-17/h2-3,8-10,14,28H,4-7H2,1H3,(H,23,29)(H2,24,25,30). The number of halogens is 1. The van der Waals surface area contributed by atoms with Crippen LogP contribution in [0, 0.1) is 0 Å². The number of likely N-dealkylation sites (tertiary alicyclic amines) is 1. The molecule has 2 heterocycles. The van der Waals surface area contributed by atoms with Crippen molar-refractivity contribution in [3.63, 3.8) is 0 Å². The number of phenolic OH excluding ortho intramolecular Hbond substituents is 1. The molecule has 9 heteroatoms. The van der Waals surface area contributed by atoms with Gasteiger partial charge in [0.1, 0.15) is 5.75 Å². The van der Waals surface area contributed by atoms with E-state index >= 15 is 0 Å². The number of aromatic amines is 2. The monoisotopic (exact) mass is 428 g/mol. The van der Waals surface area contributed by atoms with E-state index in [-0.39, 0.29) is 34.0 Å². The molecule has 1 fully saturated rings. The Hall–Kier alpha value is -3.26. The van der Waals surface area contributed by atoms with Gasteiger partial charge in [-0.05, 0) is 48.2 Å². The highest BCUT2D eigenvalue weighted by atomic mass is 35.5. The summed E-state index contributed by atoms with van der Waals surface area (Å²) in [5.74, 6) is -0.679. The molecular formula is C21H21ClN4O4. The van der Waals surface area contributed by atoms with Gasteiger partial charge < -0.3 is 25.3 Å². The zero-order valence-corrected chi connectivity index (χ0v) is 17.0. The minimum atomic E-state index is -0.423. The van der Waals surface area contributed by atoms with E-state index in [1.165, 1.54) is 6.92 Å². The number of rotatable bonds is 3. The lowest BCUT2D eigenvalue weighted by Crippen LogP contribution is -2.46. The maximum absolute atomic E-state index is 12.8. The predicted octanol–water partition coefficient (Wildman–Crippen LogP) is 2.62. The number of imidazole rings is 1. The maximum Gasteiger partial charge on any atom is 0.323 e. The topological polar surface area (TPSA) is 118 Å². The second-order valence-electron chi connectivity index (χ2n) is 7.45. The fourth-order valence-electron chi connectivity index (χ4n) is 3.75. The summed E-state index contributed by atoms with van der Waals surface area (Å²) in [4.78, 5) is 42.9. The number of hydrogen-bond acceptors (Lipinski definition) is 4. The summed E-state index contributed by atoms with van der Waals surface area (Å²) in [6.07, 6.45) is 1.30. The summed E-state index contributed by atoms with van der Waals surface area (Å²) in [5.41, 5.74) is 2.45. The van der Waals surface area contributed by atoms with E-state index in [1.54, 1.807) is 35.2 Å². The van der Waals surface area contributed by atoms with Crippen LogP contribution in [-0.2, 0) is 4.79 Å². The van der Waals surface area contributed by atoms with Crippen LogP contribution in [0.2, 0.25) is 5.02 Å². The predicted molar refractivity (Wildman–Crippen MR) is 114 cm³/mol. The Bertz CT molecular complexity index is 1190. The van der Waals surface area contributed by atoms with E-state index in [1.807, 2.05) is 0 Å². The minimum Gasteiger partial charge on any atom is -0.506 e.